The van der Waals surface area contributed by atoms with Gasteiger partial charge in [-0.25, -0.2) is 0 Å². The highest BCUT2D eigenvalue weighted by Crippen LogP contribution is 2.20. The van der Waals surface area contributed by atoms with Crippen molar-refractivity contribution in [1.29, 1.82) is 0 Å². The molecule has 0 aromatic heterocycles. The molecule has 0 atom stereocenters. The second kappa shape index (κ2) is 11.0. The summed E-state index contributed by atoms with van der Waals surface area (Å²) < 4.78 is 5.85. The molecule has 1 saturated carbocycles. The molecule has 1 rings (SSSR count). The van der Waals surface area contributed by atoms with Gasteiger partial charge >= 0.3 is 0 Å². The van der Waals surface area contributed by atoms with Crippen LogP contribution in [0.25, 0.3) is 0 Å². The van der Waals surface area contributed by atoms with E-state index in [4.69, 9.17) is 4.74 Å². The maximum Gasteiger partial charge on any atom is 0.190 e. The van der Waals surface area contributed by atoms with Gasteiger partial charge in [0.2, 0.25) is 0 Å². The number of aliphatic imine (C=N–C) groups is 1. The summed E-state index contributed by atoms with van der Waals surface area (Å²) in [4.78, 5) is 4.26. The van der Waals surface area contributed by atoms with Gasteiger partial charge in [-0.2, -0.15) is 0 Å². The molecule has 0 saturated heterocycles. The highest BCUT2D eigenvalue weighted by atomic mass is 16.5. The number of nitrogens with zero attached hydrogens (tertiary/aromatic N) is 1. The normalized spacial score (nSPS) is 16.9. The second-order valence-corrected chi connectivity index (χ2v) is 5.69. The molecular formula is C16H33N3O. The van der Waals surface area contributed by atoms with Gasteiger partial charge in [0.1, 0.15) is 0 Å². The standard InChI is InChI=1S/C16H33N3O/c1-4-14(5-2)13-19-16(17-3)18-11-8-12-20-15-9-6-7-10-15/h14-15H,4-13H2,1-3H3,(H2,17,18,19). The fourth-order valence-corrected chi connectivity index (χ4v) is 2.62. The van der Waals surface area contributed by atoms with E-state index in [-0.39, 0.29) is 0 Å². The molecule has 4 heteroatoms. The van der Waals surface area contributed by atoms with Crippen LogP contribution in [0.5, 0.6) is 0 Å². The Balaban J connectivity index is 2.02. The van der Waals surface area contributed by atoms with Crippen molar-refractivity contribution >= 4 is 5.96 Å². The number of ether oxygens (including phenoxy) is 1. The Hall–Kier alpha value is -0.770. The van der Waals surface area contributed by atoms with Crippen molar-refractivity contribution in [3.8, 4) is 0 Å². The Kier molecular flexibility index (Phi) is 9.46. The maximum absolute atomic E-state index is 5.85. The molecule has 1 aliphatic carbocycles. The van der Waals surface area contributed by atoms with Crippen LogP contribution in [0.15, 0.2) is 4.99 Å². The van der Waals surface area contributed by atoms with Gasteiger partial charge in [0.15, 0.2) is 5.96 Å². The van der Waals surface area contributed by atoms with Gasteiger partial charge in [-0.1, -0.05) is 39.5 Å². The van der Waals surface area contributed by atoms with Crippen LogP contribution in [0.4, 0.5) is 0 Å². The van der Waals surface area contributed by atoms with Crippen LogP contribution in [0.3, 0.4) is 0 Å². The molecule has 2 N–H and O–H groups in total. The fourth-order valence-electron chi connectivity index (χ4n) is 2.62. The van der Waals surface area contributed by atoms with E-state index in [0.717, 1.165) is 38.0 Å². The van der Waals surface area contributed by atoms with E-state index in [1.54, 1.807) is 0 Å². The van der Waals surface area contributed by atoms with Crippen LogP contribution in [0, 0.1) is 5.92 Å². The third-order valence-corrected chi connectivity index (χ3v) is 4.21. The molecule has 0 radical (unpaired) electrons. The lowest BCUT2D eigenvalue weighted by atomic mass is 10.0. The summed E-state index contributed by atoms with van der Waals surface area (Å²) in [5.74, 6) is 1.65. The van der Waals surface area contributed by atoms with E-state index in [9.17, 15) is 0 Å². The summed E-state index contributed by atoms with van der Waals surface area (Å²) in [6.45, 7) is 7.28. The van der Waals surface area contributed by atoms with Crippen LogP contribution in [-0.4, -0.2) is 38.8 Å². The lowest BCUT2D eigenvalue weighted by Gasteiger charge is -2.17. The molecule has 1 fully saturated rings. The molecule has 0 unspecified atom stereocenters. The van der Waals surface area contributed by atoms with E-state index in [1.807, 2.05) is 7.05 Å². The van der Waals surface area contributed by atoms with Gasteiger partial charge in [0, 0.05) is 26.7 Å². The van der Waals surface area contributed by atoms with E-state index >= 15 is 0 Å². The number of hydrogen-bond acceptors (Lipinski definition) is 2. The average molecular weight is 283 g/mol. The zero-order valence-corrected chi connectivity index (χ0v) is 13.6. The quantitative estimate of drug-likeness (QED) is 0.388. The summed E-state index contributed by atoms with van der Waals surface area (Å²) in [5, 5.41) is 6.76. The summed E-state index contributed by atoms with van der Waals surface area (Å²) in [7, 11) is 1.83. The van der Waals surface area contributed by atoms with Gasteiger partial charge < -0.3 is 15.4 Å². The van der Waals surface area contributed by atoms with Crippen molar-refractivity contribution in [2.45, 2.75) is 64.9 Å². The van der Waals surface area contributed by atoms with E-state index in [1.165, 1.54) is 38.5 Å². The highest BCUT2D eigenvalue weighted by Gasteiger charge is 2.14. The van der Waals surface area contributed by atoms with Gasteiger partial charge in [0.05, 0.1) is 6.10 Å². The molecule has 118 valence electrons. The minimum atomic E-state index is 0.530. The largest absolute Gasteiger partial charge is 0.378 e. The Labute approximate surface area is 124 Å². The van der Waals surface area contributed by atoms with E-state index in [2.05, 4.69) is 29.5 Å². The molecule has 0 heterocycles. The molecule has 0 spiro atoms. The molecule has 0 aromatic carbocycles. The Bertz CT molecular complexity index is 258. The average Bonchev–Trinajstić information content (AvgIpc) is 2.99. The van der Waals surface area contributed by atoms with Crippen LogP contribution < -0.4 is 10.6 Å². The second-order valence-electron chi connectivity index (χ2n) is 5.69. The zero-order valence-electron chi connectivity index (χ0n) is 13.6. The molecule has 20 heavy (non-hydrogen) atoms. The van der Waals surface area contributed by atoms with Crippen LogP contribution >= 0.6 is 0 Å². The Morgan fingerprint density at radius 3 is 2.50 bits per heavy atom. The third-order valence-electron chi connectivity index (χ3n) is 4.21. The first-order valence-electron chi connectivity index (χ1n) is 8.36. The lowest BCUT2D eigenvalue weighted by Crippen LogP contribution is -2.40. The van der Waals surface area contributed by atoms with E-state index < -0.39 is 0 Å². The van der Waals surface area contributed by atoms with Crippen molar-refractivity contribution in [3.05, 3.63) is 0 Å². The molecule has 0 amide bonds. The predicted octanol–water partition coefficient (Wildman–Crippen LogP) is 2.94. The van der Waals surface area contributed by atoms with Crippen LogP contribution in [-0.2, 0) is 4.74 Å². The summed E-state index contributed by atoms with van der Waals surface area (Å²) in [6.07, 6.45) is 9.21. The molecule has 0 aromatic rings. The molecule has 0 aliphatic heterocycles. The molecule has 4 nitrogen and oxygen atoms in total. The number of nitrogens with one attached hydrogen (secondary N) is 2. The van der Waals surface area contributed by atoms with Crippen molar-refractivity contribution in [2.24, 2.45) is 10.9 Å². The summed E-state index contributed by atoms with van der Waals surface area (Å²) >= 11 is 0. The minimum absolute atomic E-state index is 0.530. The summed E-state index contributed by atoms with van der Waals surface area (Å²) in [6, 6.07) is 0. The van der Waals surface area contributed by atoms with Crippen molar-refractivity contribution in [3.63, 3.8) is 0 Å². The number of hydrogen-bond donors (Lipinski definition) is 2. The fraction of sp³-hybridized carbons (Fsp3) is 0.938. The first-order valence-corrected chi connectivity index (χ1v) is 8.36. The van der Waals surface area contributed by atoms with Crippen LogP contribution in [0.1, 0.15) is 58.8 Å². The van der Waals surface area contributed by atoms with Gasteiger partial charge in [-0.05, 0) is 25.2 Å². The Morgan fingerprint density at radius 1 is 1.20 bits per heavy atom. The first kappa shape index (κ1) is 17.3. The summed E-state index contributed by atoms with van der Waals surface area (Å²) in [5.41, 5.74) is 0. The number of guanidine groups is 1. The van der Waals surface area contributed by atoms with Crippen molar-refractivity contribution < 1.29 is 4.74 Å². The number of rotatable bonds is 9. The molecule has 0 bridgehead atoms. The zero-order chi connectivity index (χ0) is 14.6. The SMILES string of the molecule is CCC(CC)CNC(=NC)NCCCOC1CCCC1. The van der Waals surface area contributed by atoms with E-state index in [0.29, 0.717) is 6.10 Å². The van der Waals surface area contributed by atoms with Crippen molar-refractivity contribution in [1.82, 2.24) is 10.6 Å². The van der Waals surface area contributed by atoms with Gasteiger partial charge in [-0.3, -0.25) is 4.99 Å². The lowest BCUT2D eigenvalue weighted by molar-refractivity contribution is 0.0574. The van der Waals surface area contributed by atoms with Gasteiger partial charge in [0.25, 0.3) is 0 Å². The Morgan fingerprint density at radius 2 is 1.90 bits per heavy atom. The highest BCUT2D eigenvalue weighted by molar-refractivity contribution is 5.79. The third kappa shape index (κ3) is 7.13. The molecule has 1 aliphatic rings. The molecular weight excluding hydrogens is 250 g/mol. The smallest absolute Gasteiger partial charge is 0.190 e. The maximum atomic E-state index is 5.85. The predicted molar refractivity (Wildman–Crippen MR) is 86.3 cm³/mol. The monoisotopic (exact) mass is 283 g/mol. The topological polar surface area (TPSA) is 45.7 Å². The first-order chi connectivity index (χ1) is 9.80. The van der Waals surface area contributed by atoms with Crippen LogP contribution in [0.2, 0.25) is 0 Å². The van der Waals surface area contributed by atoms with Gasteiger partial charge in [-0.15, -0.1) is 0 Å². The minimum Gasteiger partial charge on any atom is -0.378 e. The van der Waals surface area contributed by atoms with Crippen molar-refractivity contribution in [2.75, 3.05) is 26.7 Å².